The third kappa shape index (κ3) is 1.91. The molecule has 6 heteroatoms. The Hall–Kier alpha value is -1.46. The monoisotopic (exact) mass is 237 g/mol. The Morgan fingerprint density at radius 3 is 2.88 bits per heavy atom. The van der Waals surface area contributed by atoms with Gasteiger partial charge in [0, 0.05) is 0 Å². The number of halogens is 1. The summed E-state index contributed by atoms with van der Waals surface area (Å²) in [5.74, 6) is 0.590. The molecule has 1 atom stereocenters. The summed E-state index contributed by atoms with van der Waals surface area (Å²) in [6.07, 6.45) is 0. The van der Waals surface area contributed by atoms with Gasteiger partial charge in [0.1, 0.15) is 0 Å². The standard InChI is InChI=1S/C10H12ClN5/c1-6-3-4-8(11)9(5-6)16-10(7(2)12)13-14-15-16/h3-5,7H,12H2,1-2H3. The van der Waals surface area contributed by atoms with Gasteiger partial charge >= 0.3 is 0 Å². The van der Waals surface area contributed by atoms with E-state index in [2.05, 4.69) is 15.5 Å². The van der Waals surface area contributed by atoms with Crippen molar-refractivity contribution in [2.45, 2.75) is 19.9 Å². The maximum absolute atomic E-state index is 6.11. The van der Waals surface area contributed by atoms with Crippen LogP contribution in [0.1, 0.15) is 24.4 Å². The number of nitrogens with two attached hydrogens (primary N) is 1. The highest BCUT2D eigenvalue weighted by Crippen LogP contribution is 2.22. The zero-order valence-electron chi connectivity index (χ0n) is 9.05. The molecule has 2 N–H and O–H groups in total. The SMILES string of the molecule is Cc1ccc(Cl)c(-n2nnnc2C(C)N)c1. The minimum absolute atomic E-state index is 0.244. The first kappa shape index (κ1) is 11.0. The number of benzene rings is 1. The molecule has 0 aliphatic rings. The molecule has 1 heterocycles. The van der Waals surface area contributed by atoms with Crippen molar-refractivity contribution < 1.29 is 0 Å². The van der Waals surface area contributed by atoms with Crippen LogP contribution in [0.2, 0.25) is 5.02 Å². The highest BCUT2D eigenvalue weighted by Gasteiger charge is 2.14. The van der Waals surface area contributed by atoms with E-state index >= 15 is 0 Å². The van der Waals surface area contributed by atoms with Crippen molar-refractivity contribution in [2.24, 2.45) is 5.73 Å². The first-order valence-corrected chi connectivity index (χ1v) is 5.28. The Bertz CT molecular complexity index is 506. The summed E-state index contributed by atoms with van der Waals surface area (Å²) in [7, 11) is 0. The molecule has 0 bridgehead atoms. The average molecular weight is 238 g/mol. The van der Waals surface area contributed by atoms with E-state index in [-0.39, 0.29) is 6.04 Å². The zero-order chi connectivity index (χ0) is 11.7. The summed E-state index contributed by atoms with van der Waals surface area (Å²) in [4.78, 5) is 0. The number of tetrazole rings is 1. The van der Waals surface area contributed by atoms with Gasteiger partial charge in [-0.15, -0.1) is 5.10 Å². The van der Waals surface area contributed by atoms with E-state index in [1.807, 2.05) is 32.0 Å². The van der Waals surface area contributed by atoms with Crippen LogP contribution in [0.5, 0.6) is 0 Å². The highest BCUT2D eigenvalue weighted by atomic mass is 35.5. The number of nitrogens with zero attached hydrogens (tertiary/aromatic N) is 4. The Morgan fingerprint density at radius 2 is 2.19 bits per heavy atom. The van der Waals surface area contributed by atoms with Gasteiger partial charge in [0.25, 0.3) is 0 Å². The molecule has 1 aromatic carbocycles. The maximum Gasteiger partial charge on any atom is 0.173 e. The van der Waals surface area contributed by atoms with Crippen molar-refractivity contribution in [3.63, 3.8) is 0 Å². The molecule has 0 saturated carbocycles. The molecule has 2 aromatic rings. The molecule has 1 unspecified atom stereocenters. The van der Waals surface area contributed by atoms with E-state index in [4.69, 9.17) is 17.3 Å². The largest absolute Gasteiger partial charge is 0.321 e. The number of hydrogen-bond acceptors (Lipinski definition) is 4. The topological polar surface area (TPSA) is 69.6 Å². The van der Waals surface area contributed by atoms with E-state index in [9.17, 15) is 0 Å². The predicted octanol–water partition coefficient (Wildman–Crippen LogP) is 1.64. The third-order valence-corrected chi connectivity index (χ3v) is 2.55. The van der Waals surface area contributed by atoms with E-state index in [0.717, 1.165) is 11.3 Å². The van der Waals surface area contributed by atoms with E-state index in [1.165, 1.54) is 0 Å². The molecule has 2 rings (SSSR count). The summed E-state index contributed by atoms with van der Waals surface area (Å²) in [5, 5.41) is 12.0. The summed E-state index contributed by atoms with van der Waals surface area (Å²) >= 11 is 6.11. The van der Waals surface area contributed by atoms with Crippen molar-refractivity contribution >= 4 is 11.6 Å². The number of hydrogen-bond donors (Lipinski definition) is 1. The van der Waals surface area contributed by atoms with Crippen LogP contribution in [0.15, 0.2) is 18.2 Å². The predicted molar refractivity (Wildman–Crippen MR) is 61.5 cm³/mol. The van der Waals surface area contributed by atoms with Gasteiger partial charge in [-0.25, -0.2) is 0 Å². The first-order valence-electron chi connectivity index (χ1n) is 4.90. The van der Waals surface area contributed by atoms with Crippen LogP contribution in [-0.2, 0) is 0 Å². The van der Waals surface area contributed by atoms with Gasteiger partial charge in [0.15, 0.2) is 5.82 Å². The van der Waals surface area contributed by atoms with Gasteiger partial charge in [0.05, 0.1) is 16.8 Å². The minimum atomic E-state index is -0.244. The average Bonchev–Trinajstić information content (AvgIpc) is 2.70. The first-order chi connectivity index (χ1) is 7.59. The Labute approximate surface area is 98.2 Å². The Kier molecular flexibility index (Phi) is 2.89. The van der Waals surface area contributed by atoms with Crippen LogP contribution in [0.3, 0.4) is 0 Å². The second-order valence-corrected chi connectivity index (χ2v) is 4.10. The maximum atomic E-state index is 6.11. The lowest BCUT2D eigenvalue weighted by molar-refractivity contribution is 0.688. The van der Waals surface area contributed by atoms with Gasteiger partial charge in [-0.1, -0.05) is 17.7 Å². The summed E-state index contributed by atoms with van der Waals surface area (Å²) in [5.41, 5.74) is 7.62. The third-order valence-electron chi connectivity index (χ3n) is 2.23. The normalized spacial score (nSPS) is 12.8. The van der Waals surface area contributed by atoms with Crippen LogP contribution >= 0.6 is 11.6 Å². The van der Waals surface area contributed by atoms with Crippen molar-refractivity contribution in [2.75, 3.05) is 0 Å². The fraction of sp³-hybridized carbons (Fsp3) is 0.300. The Balaban J connectivity index is 2.58. The quantitative estimate of drug-likeness (QED) is 0.862. The number of aryl methyl sites for hydroxylation is 1. The van der Waals surface area contributed by atoms with E-state index in [0.29, 0.717) is 10.8 Å². The smallest absolute Gasteiger partial charge is 0.173 e. The van der Waals surface area contributed by atoms with Crippen LogP contribution in [0.25, 0.3) is 5.69 Å². The lowest BCUT2D eigenvalue weighted by Gasteiger charge is -2.09. The molecule has 5 nitrogen and oxygen atoms in total. The summed E-state index contributed by atoms with van der Waals surface area (Å²) in [6, 6.07) is 5.43. The fourth-order valence-corrected chi connectivity index (χ4v) is 1.63. The molecule has 0 spiro atoms. The van der Waals surface area contributed by atoms with Crippen LogP contribution in [0, 0.1) is 6.92 Å². The highest BCUT2D eigenvalue weighted by molar-refractivity contribution is 6.32. The lowest BCUT2D eigenvalue weighted by Crippen LogP contribution is -2.13. The lowest BCUT2D eigenvalue weighted by atomic mass is 10.2. The molecule has 0 aliphatic heterocycles. The second kappa shape index (κ2) is 4.19. The minimum Gasteiger partial charge on any atom is -0.321 e. The van der Waals surface area contributed by atoms with Crippen LogP contribution < -0.4 is 5.73 Å². The fourth-order valence-electron chi connectivity index (χ4n) is 1.43. The van der Waals surface area contributed by atoms with Gasteiger partial charge in [-0.3, -0.25) is 0 Å². The summed E-state index contributed by atoms with van der Waals surface area (Å²) < 4.78 is 1.57. The molecule has 84 valence electrons. The van der Waals surface area contributed by atoms with Crippen LogP contribution in [-0.4, -0.2) is 20.2 Å². The van der Waals surface area contributed by atoms with E-state index < -0.39 is 0 Å². The Morgan fingerprint density at radius 1 is 1.44 bits per heavy atom. The molecule has 0 saturated heterocycles. The van der Waals surface area contributed by atoms with Crippen molar-refractivity contribution in [1.82, 2.24) is 20.2 Å². The van der Waals surface area contributed by atoms with E-state index in [1.54, 1.807) is 4.68 Å². The van der Waals surface area contributed by atoms with Gasteiger partial charge in [-0.05, 0) is 42.0 Å². The van der Waals surface area contributed by atoms with Gasteiger partial charge < -0.3 is 5.73 Å². The molecule has 0 radical (unpaired) electrons. The number of aromatic nitrogens is 4. The molecular formula is C10H12ClN5. The molecule has 0 aliphatic carbocycles. The van der Waals surface area contributed by atoms with Gasteiger partial charge in [0.2, 0.25) is 0 Å². The second-order valence-electron chi connectivity index (χ2n) is 3.69. The zero-order valence-corrected chi connectivity index (χ0v) is 9.81. The number of rotatable bonds is 2. The summed E-state index contributed by atoms with van der Waals surface area (Å²) in [6.45, 7) is 3.81. The van der Waals surface area contributed by atoms with Gasteiger partial charge in [-0.2, -0.15) is 4.68 Å². The van der Waals surface area contributed by atoms with Crippen LogP contribution in [0.4, 0.5) is 0 Å². The molecule has 1 aromatic heterocycles. The molecule has 16 heavy (non-hydrogen) atoms. The van der Waals surface area contributed by atoms with Crippen molar-refractivity contribution in [3.05, 3.63) is 34.6 Å². The molecular weight excluding hydrogens is 226 g/mol. The molecule has 0 fully saturated rings. The van der Waals surface area contributed by atoms with Crippen molar-refractivity contribution in [1.29, 1.82) is 0 Å². The molecule has 0 amide bonds. The van der Waals surface area contributed by atoms with Crippen molar-refractivity contribution in [3.8, 4) is 5.69 Å².